The van der Waals surface area contributed by atoms with E-state index >= 15 is 0 Å². The van der Waals surface area contributed by atoms with Crippen molar-refractivity contribution in [2.24, 2.45) is 5.50 Å². The molecule has 0 saturated carbocycles. The quantitative estimate of drug-likeness (QED) is 0.562. The van der Waals surface area contributed by atoms with E-state index in [0.717, 1.165) is 0 Å². The van der Waals surface area contributed by atoms with Gasteiger partial charge in [-0.15, -0.1) is 0 Å². The van der Waals surface area contributed by atoms with Crippen LogP contribution < -0.4 is 5.50 Å². The lowest BCUT2D eigenvalue weighted by Crippen LogP contribution is -2.36. The van der Waals surface area contributed by atoms with Crippen molar-refractivity contribution in [2.75, 3.05) is 0 Å². The van der Waals surface area contributed by atoms with Crippen molar-refractivity contribution < 1.29 is 9.15 Å². The molecule has 6 heteroatoms. The summed E-state index contributed by atoms with van der Waals surface area (Å²) in [5, 5.41) is 10.3. The Hall–Kier alpha value is -0.240. The molecule has 2 atom stereocenters. The summed E-state index contributed by atoms with van der Waals surface area (Å²) >= 11 is 0. The Morgan fingerprint density at radius 2 is 1.67 bits per heavy atom. The maximum absolute atomic E-state index is 8.55. The van der Waals surface area contributed by atoms with Gasteiger partial charge in [0.1, 0.15) is 6.10 Å². The number of nitrogens with two attached hydrogens (primary N) is 1. The highest BCUT2D eigenvalue weighted by molar-refractivity contribution is 7.44. The standard InChI is InChI=1S/C9H20N3O2P/c1-7(2)12(8(3)4)14-15(11)13-9(5)6-10/h7-9H,11H2,1-5H3. The predicted molar refractivity (Wildman–Crippen MR) is 60.5 cm³/mol. The number of rotatable bonds is 6. The Balaban J connectivity index is 4.12. The van der Waals surface area contributed by atoms with E-state index < -0.39 is 14.6 Å². The molecule has 0 aromatic heterocycles. The van der Waals surface area contributed by atoms with E-state index in [2.05, 4.69) is 0 Å². The normalized spacial score (nSPS) is 15.7. The van der Waals surface area contributed by atoms with Gasteiger partial charge in [0, 0.05) is 12.1 Å². The first-order valence-electron chi connectivity index (χ1n) is 4.96. The highest BCUT2D eigenvalue weighted by Crippen LogP contribution is 2.33. The van der Waals surface area contributed by atoms with Crippen LogP contribution in [0.1, 0.15) is 34.6 Å². The molecule has 0 aliphatic heterocycles. The lowest BCUT2D eigenvalue weighted by Gasteiger charge is -2.30. The van der Waals surface area contributed by atoms with Crippen molar-refractivity contribution >= 4 is 8.53 Å². The second-order valence-electron chi connectivity index (χ2n) is 3.79. The smallest absolute Gasteiger partial charge is 0.272 e. The van der Waals surface area contributed by atoms with Gasteiger partial charge in [0.2, 0.25) is 0 Å². The minimum absolute atomic E-state index is 0.222. The second-order valence-corrected chi connectivity index (χ2v) is 4.74. The Labute approximate surface area is 93.1 Å². The van der Waals surface area contributed by atoms with Gasteiger partial charge in [-0.1, -0.05) is 0 Å². The average Bonchev–Trinajstić information content (AvgIpc) is 2.12. The molecule has 0 rings (SSSR count). The molecular weight excluding hydrogens is 213 g/mol. The molecule has 0 amide bonds. The average molecular weight is 233 g/mol. The van der Waals surface area contributed by atoms with Gasteiger partial charge < -0.3 is 4.52 Å². The van der Waals surface area contributed by atoms with Crippen molar-refractivity contribution in [1.82, 2.24) is 5.06 Å². The first-order valence-corrected chi connectivity index (χ1v) is 6.20. The van der Waals surface area contributed by atoms with Gasteiger partial charge in [0.05, 0.1) is 6.07 Å². The highest BCUT2D eigenvalue weighted by atomic mass is 31.2. The molecule has 0 spiro atoms. The molecule has 0 bridgehead atoms. The lowest BCUT2D eigenvalue weighted by atomic mass is 10.3. The maximum Gasteiger partial charge on any atom is 0.272 e. The minimum Gasteiger partial charge on any atom is -0.303 e. The van der Waals surface area contributed by atoms with Crippen molar-refractivity contribution in [1.29, 1.82) is 5.26 Å². The summed E-state index contributed by atoms with van der Waals surface area (Å²) in [5.74, 6) is 0. The molecule has 5 nitrogen and oxygen atoms in total. The molecule has 2 unspecified atom stereocenters. The molecule has 2 N–H and O–H groups in total. The van der Waals surface area contributed by atoms with Crippen LogP contribution in [0.15, 0.2) is 0 Å². The third-order valence-electron chi connectivity index (χ3n) is 1.64. The fraction of sp³-hybridized carbons (Fsp3) is 0.889. The van der Waals surface area contributed by atoms with Crippen LogP contribution >= 0.6 is 8.53 Å². The number of nitrogens with zero attached hydrogens (tertiary/aromatic N) is 2. The van der Waals surface area contributed by atoms with Gasteiger partial charge in [-0.3, -0.25) is 5.50 Å². The van der Waals surface area contributed by atoms with Crippen molar-refractivity contribution in [2.45, 2.75) is 52.8 Å². The molecular formula is C9H20N3O2P. The first kappa shape index (κ1) is 14.8. The predicted octanol–water partition coefficient (Wildman–Crippen LogP) is 2.15. The van der Waals surface area contributed by atoms with Gasteiger partial charge >= 0.3 is 0 Å². The van der Waals surface area contributed by atoms with E-state index in [1.165, 1.54) is 0 Å². The molecule has 0 aliphatic carbocycles. The summed E-state index contributed by atoms with van der Waals surface area (Å²) in [6.07, 6.45) is -0.540. The van der Waals surface area contributed by atoms with Crippen LogP contribution in [0.3, 0.4) is 0 Å². The summed E-state index contributed by atoms with van der Waals surface area (Å²) in [4.78, 5) is 0. The number of nitriles is 1. The van der Waals surface area contributed by atoms with E-state index in [1.807, 2.05) is 33.8 Å². The zero-order chi connectivity index (χ0) is 12.0. The van der Waals surface area contributed by atoms with Crippen LogP contribution in [0.25, 0.3) is 0 Å². The Morgan fingerprint density at radius 3 is 2.00 bits per heavy atom. The van der Waals surface area contributed by atoms with E-state index in [1.54, 1.807) is 12.0 Å². The Bertz CT molecular complexity index is 210. The summed E-state index contributed by atoms with van der Waals surface area (Å²) < 4.78 is 10.6. The lowest BCUT2D eigenvalue weighted by molar-refractivity contribution is -0.113. The van der Waals surface area contributed by atoms with E-state index in [9.17, 15) is 0 Å². The largest absolute Gasteiger partial charge is 0.303 e. The topological polar surface area (TPSA) is 71.5 Å². The van der Waals surface area contributed by atoms with E-state index in [-0.39, 0.29) is 12.1 Å². The summed E-state index contributed by atoms with van der Waals surface area (Å²) in [7, 11) is -1.53. The zero-order valence-corrected chi connectivity index (χ0v) is 10.9. The van der Waals surface area contributed by atoms with Gasteiger partial charge in [-0.05, 0) is 34.6 Å². The van der Waals surface area contributed by atoms with Gasteiger partial charge in [0.15, 0.2) is 0 Å². The summed E-state index contributed by atoms with van der Waals surface area (Å²) in [5.41, 5.74) is 5.65. The van der Waals surface area contributed by atoms with Gasteiger partial charge in [-0.25, -0.2) is 4.62 Å². The summed E-state index contributed by atoms with van der Waals surface area (Å²) in [6.45, 7) is 9.68. The third kappa shape index (κ3) is 6.03. The van der Waals surface area contributed by atoms with Crippen LogP contribution in [-0.2, 0) is 9.15 Å². The molecule has 0 fully saturated rings. The fourth-order valence-corrected chi connectivity index (χ4v) is 2.04. The Kier molecular flexibility index (Phi) is 6.99. The molecule has 15 heavy (non-hydrogen) atoms. The second kappa shape index (κ2) is 7.10. The van der Waals surface area contributed by atoms with E-state index in [4.69, 9.17) is 19.9 Å². The maximum atomic E-state index is 8.55. The number of hydroxylamine groups is 2. The zero-order valence-electron chi connectivity index (χ0n) is 9.97. The monoisotopic (exact) mass is 233 g/mol. The molecule has 0 radical (unpaired) electrons. The molecule has 0 heterocycles. The number of hydrogen-bond acceptors (Lipinski definition) is 5. The highest BCUT2D eigenvalue weighted by Gasteiger charge is 2.20. The Morgan fingerprint density at radius 1 is 1.20 bits per heavy atom. The van der Waals surface area contributed by atoms with Crippen molar-refractivity contribution in [3.8, 4) is 6.07 Å². The first-order chi connectivity index (χ1) is 6.88. The summed E-state index contributed by atoms with van der Waals surface area (Å²) in [6, 6.07) is 2.39. The van der Waals surface area contributed by atoms with Gasteiger partial charge in [-0.2, -0.15) is 10.3 Å². The molecule has 0 aromatic rings. The van der Waals surface area contributed by atoms with Crippen LogP contribution in [0.4, 0.5) is 0 Å². The molecule has 0 saturated heterocycles. The van der Waals surface area contributed by atoms with Gasteiger partial charge in [0.25, 0.3) is 8.53 Å². The SMILES string of the molecule is CC(C#N)OP(N)ON(C(C)C)C(C)C. The molecule has 88 valence electrons. The third-order valence-corrected chi connectivity index (χ3v) is 2.51. The van der Waals surface area contributed by atoms with Crippen molar-refractivity contribution in [3.05, 3.63) is 0 Å². The van der Waals surface area contributed by atoms with E-state index in [0.29, 0.717) is 0 Å². The minimum atomic E-state index is -1.53. The van der Waals surface area contributed by atoms with Crippen LogP contribution in [0.2, 0.25) is 0 Å². The fourth-order valence-electron chi connectivity index (χ4n) is 1.08. The van der Waals surface area contributed by atoms with Crippen molar-refractivity contribution in [3.63, 3.8) is 0 Å². The number of hydrogen-bond donors (Lipinski definition) is 1. The van der Waals surface area contributed by atoms with Crippen LogP contribution in [-0.4, -0.2) is 23.3 Å². The van der Waals surface area contributed by atoms with Crippen LogP contribution in [0, 0.1) is 11.3 Å². The molecule has 0 aromatic carbocycles. The molecule has 0 aliphatic rings. The van der Waals surface area contributed by atoms with Crippen LogP contribution in [0.5, 0.6) is 0 Å².